The van der Waals surface area contributed by atoms with Crippen LogP contribution in [0.5, 0.6) is 0 Å². The first kappa shape index (κ1) is 14.1. The van der Waals surface area contributed by atoms with Gasteiger partial charge in [-0.3, -0.25) is 0 Å². The van der Waals surface area contributed by atoms with Crippen molar-refractivity contribution in [2.75, 3.05) is 17.2 Å². The molecule has 19 heavy (non-hydrogen) atoms. The predicted molar refractivity (Wildman–Crippen MR) is 83.4 cm³/mol. The summed E-state index contributed by atoms with van der Waals surface area (Å²) in [5.41, 5.74) is 2.02. The molecule has 0 spiro atoms. The Morgan fingerprint density at radius 2 is 2.16 bits per heavy atom. The Bertz CT molecular complexity index is 589. The van der Waals surface area contributed by atoms with Gasteiger partial charge in [0, 0.05) is 23.5 Å². The van der Waals surface area contributed by atoms with E-state index in [4.69, 9.17) is 11.6 Å². The van der Waals surface area contributed by atoms with E-state index in [1.807, 2.05) is 32.0 Å². The van der Waals surface area contributed by atoms with Crippen LogP contribution in [0.25, 0.3) is 0 Å². The van der Waals surface area contributed by atoms with E-state index in [2.05, 4.69) is 36.5 Å². The lowest BCUT2D eigenvalue weighted by Crippen LogP contribution is -2.05. The Labute approximate surface area is 125 Å². The number of halogens is 2. The number of hydrogen-bond donors (Lipinski definition) is 2. The molecule has 100 valence electrons. The van der Waals surface area contributed by atoms with Gasteiger partial charge in [-0.2, -0.15) is 4.98 Å². The van der Waals surface area contributed by atoms with Crippen molar-refractivity contribution in [2.24, 2.45) is 0 Å². The van der Waals surface area contributed by atoms with E-state index < -0.39 is 0 Å². The Morgan fingerprint density at radius 3 is 2.89 bits per heavy atom. The third-order valence-electron chi connectivity index (χ3n) is 2.53. The maximum absolute atomic E-state index is 6.01. The molecule has 1 aromatic heterocycles. The second-order valence-corrected chi connectivity index (χ2v) is 5.30. The van der Waals surface area contributed by atoms with E-state index in [1.54, 1.807) is 6.20 Å². The van der Waals surface area contributed by atoms with Crippen LogP contribution < -0.4 is 10.6 Å². The first-order chi connectivity index (χ1) is 9.10. The zero-order valence-electron chi connectivity index (χ0n) is 10.7. The summed E-state index contributed by atoms with van der Waals surface area (Å²) in [4.78, 5) is 8.58. The summed E-state index contributed by atoms with van der Waals surface area (Å²) in [6.45, 7) is 4.79. The lowest BCUT2D eigenvalue weighted by atomic mass is 10.2. The van der Waals surface area contributed by atoms with E-state index in [0.29, 0.717) is 16.8 Å². The number of benzene rings is 1. The van der Waals surface area contributed by atoms with Crippen LogP contribution in [0.15, 0.2) is 28.9 Å². The second-order valence-electron chi connectivity index (χ2n) is 4.00. The smallest absolute Gasteiger partial charge is 0.224 e. The first-order valence-electron chi connectivity index (χ1n) is 5.89. The van der Waals surface area contributed by atoms with Crippen LogP contribution in [0.2, 0.25) is 5.02 Å². The molecule has 1 aromatic carbocycles. The number of anilines is 3. The number of nitrogens with zero attached hydrogens (tertiary/aromatic N) is 2. The molecule has 2 rings (SSSR count). The molecule has 0 unspecified atom stereocenters. The van der Waals surface area contributed by atoms with Gasteiger partial charge in [0.15, 0.2) is 0 Å². The molecule has 0 saturated carbocycles. The van der Waals surface area contributed by atoms with Crippen LogP contribution >= 0.6 is 27.5 Å². The summed E-state index contributed by atoms with van der Waals surface area (Å²) in [5, 5.41) is 7.02. The third-order valence-corrected chi connectivity index (χ3v) is 3.35. The molecule has 0 radical (unpaired) electrons. The van der Waals surface area contributed by atoms with Crippen LogP contribution in [0.1, 0.15) is 12.5 Å². The molecule has 2 N–H and O–H groups in total. The van der Waals surface area contributed by atoms with Gasteiger partial charge in [0.05, 0.1) is 4.47 Å². The summed E-state index contributed by atoms with van der Waals surface area (Å²) in [6.07, 6.45) is 1.72. The molecule has 0 fully saturated rings. The highest BCUT2D eigenvalue weighted by molar-refractivity contribution is 9.10. The highest BCUT2D eigenvalue weighted by atomic mass is 79.9. The maximum Gasteiger partial charge on any atom is 0.224 e. The monoisotopic (exact) mass is 340 g/mol. The molecule has 0 atom stereocenters. The van der Waals surface area contributed by atoms with Crippen molar-refractivity contribution < 1.29 is 0 Å². The Kier molecular flexibility index (Phi) is 4.61. The highest BCUT2D eigenvalue weighted by Gasteiger charge is 2.07. The standard InChI is InChI=1S/C13H14BrClN4/c1-3-16-13-17-7-10(14)12(19-13)18-11-6-9(15)5-4-8(11)2/h4-7H,3H2,1-2H3,(H2,16,17,18,19). The van der Waals surface area contributed by atoms with Crippen molar-refractivity contribution in [1.82, 2.24) is 9.97 Å². The van der Waals surface area contributed by atoms with Crippen molar-refractivity contribution in [3.8, 4) is 0 Å². The fourth-order valence-corrected chi connectivity index (χ4v) is 2.02. The molecule has 1 heterocycles. The molecule has 2 aromatic rings. The van der Waals surface area contributed by atoms with Crippen molar-refractivity contribution in [3.05, 3.63) is 39.5 Å². The Balaban J connectivity index is 2.31. The summed E-state index contributed by atoms with van der Waals surface area (Å²) in [5.74, 6) is 1.30. The predicted octanol–water partition coefficient (Wildman–Crippen LogP) is 4.38. The second kappa shape index (κ2) is 6.21. The van der Waals surface area contributed by atoms with Gasteiger partial charge < -0.3 is 10.6 Å². The number of aryl methyl sites for hydroxylation is 1. The topological polar surface area (TPSA) is 49.8 Å². The molecule has 0 aliphatic heterocycles. The third kappa shape index (κ3) is 3.58. The summed E-state index contributed by atoms with van der Waals surface area (Å²) in [6, 6.07) is 5.70. The molecule has 0 bridgehead atoms. The maximum atomic E-state index is 6.01. The quantitative estimate of drug-likeness (QED) is 0.866. The average molecular weight is 342 g/mol. The molecule has 0 saturated heterocycles. The Morgan fingerprint density at radius 1 is 1.37 bits per heavy atom. The summed E-state index contributed by atoms with van der Waals surface area (Å²) >= 11 is 9.44. The largest absolute Gasteiger partial charge is 0.354 e. The van der Waals surface area contributed by atoms with Crippen molar-refractivity contribution in [3.63, 3.8) is 0 Å². The van der Waals surface area contributed by atoms with Crippen LogP contribution in [0.3, 0.4) is 0 Å². The SMILES string of the molecule is CCNc1ncc(Br)c(Nc2cc(Cl)ccc2C)n1. The van der Waals surface area contributed by atoms with Gasteiger partial charge in [0.2, 0.25) is 5.95 Å². The van der Waals surface area contributed by atoms with E-state index in [9.17, 15) is 0 Å². The molecule has 0 aliphatic rings. The lowest BCUT2D eigenvalue weighted by molar-refractivity contribution is 1.08. The molecular weight excluding hydrogens is 328 g/mol. The first-order valence-corrected chi connectivity index (χ1v) is 7.07. The zero-order valence-corrected chi connectivity index (χ0v) is 13.0. The van der Waals surface area contributed by atoms with E-state index in [1.165, 1.54) is 0 Å². The number of nitrogens with one attached hydrogen (secondary N) is 2. The van der Waals surface area contributed by atoms with Crippen LogP contribution in [-0.4, -0.2) is 16.5 Å². The van der Waals surface area contributed by atoms with Gasteiger partial charge in [0.1, 0.15) is 5.82 Å². The van der Waals surface area contributed by atoms with E-state index >= 15 is 0 Å². The van der Waals surface area contributed by atoms with E-state index in [0.717, 1.165) is 22.3 Å². The van der Waals surface area contributed by atoms with Crippen LogP contribution in [0, 0.1) is 6.92 Å². The average Bonchev–Trinajstić information content (AvgIpc) is 2.38. The molecular formula is C13H14BrClN4. The van der Waals surface area contributed by atoms with Gasteiger partial charge in [0.25, 0.3) is 0 Å². The normalized spacial score (nSPS) is 10.3. The molecule has 0 amide bonds. The van der Waals surface area contributed by atoms with E-state index in [-0.39, 0.29) is 0 Å². The number of rotatable bonds is 4. The van der Waals surface area contributed by atoms with Crippen molar-refractivity contribution in [1.29, 1.82) is 0 Å². The van der Waals surface area contributed by atoms with Crippen LogP contribution in [0.4, 0.5) is 17.5 Å². The highest BCUT2D eigenvalue weighted by Crippen LogP contribution is 2.27. The fourth-order valence-electron chi connectivity index (χ4n) is 1.55. The van der Waals surface area contributed by atoms with Gasteiger partial charge in [-0.05, 0) is 47.5 Å². The minimum absolute atomic E-state index is 0.591. The van der Waals surface area contributed by atoms with Gasteiger partial charge >= 0.3 is 0 Å². The van der Waals surface area contributed by atoms with Crippen molar-refractivity contribution >= 4 is 45.0 Å². The Hall–Kier alpha value is -1.33. The molecule has 6 heteroatoms. The zero-order chi connectivity index (χ0) is 13.8. The minimum Gasteiger partial charge on any atom is -0.354 e. The lowest BCUT2D eigenvalue weighted by Gasteiger charge is -2.11. The van der Waals surface area contributed by atoms with Gasteiger partial charge in [-0.25, -0.2) is 4.98 Å². The summed E-state index contributed by atoms with van der Waals surface area (Å²) in [7, 11) is 0. The number of aromatic nitrogens is 2. The molecule has 4 nitrogen and oxygen atoms in total. The van der Waals surface area contributed by atoms with Gasteiger partial charge in [-0.1, -0.05) is 17.7 Å². The molecule has 0 aliphatic carbocycles. The van der Waals surface area contributed by atoms with Crippen molar-refractivity contribution in [2.45, 2.75) is 13.8 Å². The summed E-state index contributed by atoms with van der Waals surface area (Å²) < 4.78 is 0.800. The van der Waals surface area contributed by atoms with Gasteiger partial charge in [-0.15, -0.1) is 0 Å². The van der Waals surface area contributed by atoms with Crippen LogP contribution in [-0.2, 0) is 0 Å². The minimum atomic E-state index is 0.591. The fraction of sp³-hybridized carbons (Fsp3) is 0.231. The number of hydrogen-bond acceptors (Lipinski definition) is 4.